The van der Waals surface area contributed by atoms with Crippen LogP contribution in [-0.4, -0.2) is 44.0 Å². The van der Waals surface area contributed by atoms with E-state index in [9.17, 15) is 14.0 Å². The molecule has 0 saturated carbocycles. The number of likely N-dealkylation sites (N-methyl/N-ethyl adjacent to an activating group) is 1. The number of aryl methyl sites for hydroxylation is 1. The number of methoxy groups -OCH3 is 1. The van der Waals surface area contributed by atoms with Gasteiger partial charge in [0.15, 0.2) is 0 Å². The first-order valence-electron chi connectivity index (χ1n) is 6.66. The Labute approximate surface area is 124 Å². The molecule has 0 saturated heterocycles. The first kappa shape index (κ1) is 17.1. The monoisotopic (exact) mass is 296 g/mol. The van der Waals surface area contributed by atoms with Crippen LogP contribution in [0.4, 0.5) is 10.1 Å². The molecule has 1 N–H and O–H groups in total. The number of esters is 1. The minimum Gasteiger partial charge on any atom is -0.469 e. The Morgan fingerprint density at radius 1 is 1.43 bits per heavy atom. The summed E-state index contributed by atoms with van der Waals surface area (Å²) in [6, 6.07) is 4.53. The van der Waals surface area contributed by atoms with Crippen LogP contribution in [-0.2, 0) is 14.3 Å². The minimum absolute atomic E-state index is 0.108. The van der Waals surface area contributed by atoms with Crippen molar-refractivity contribution in [3.8, 4) is 0 Å². The van der Waals surface area contributed by atoms with Crippen LogP contribution in [0, 0.1) is 18.7 Å². The van der Waals surface area contributed by atoms with Gasteiger partial charge in [-0.1, -0.05) is 13.0 Å². The van der Waals surface area contributed by atoms with Gasteiger partial charge in [0.1, 0.15) is 5.82 Å². The minimum atomic E-state index is -0.361. The fourth-order valence-corrected chi connectivity index (χ4v) is 1.92. The Morgan fingerprint density at radius 2 is 2.10 bits per heavy atom. The number of carbonyl (C=O) groups is 2. The molecule has 0 fully saturated rings. The number of hydrogen-bond donors (Lipinski definition) is 1. The molecular formula is C15H21FN2O3. The molecule has 1 aromatic carbocycles. The van der Waals surface area contributed by atoms with Gasteiger partial charge in [0.25, 0.3) is 0 Å². The van der Waals surface area contributed by atoms with Crippen LogP contribution in [0.5, 0.6) is 0 Å². The Hall–Kier alpha value is -1.95. The second-order valence-corrected chi connectivity index (χ2v) is 5.13. The van der Waals surface area contributed by atoms with Crippen molar-refractivity contribution in [2.45, 2.75) is 13.8 Å². The third-order valence-corrected chi connectivity index (χ3v) is 3.06. The topological polar surface area (TPSA) is 58.6 Å². The molecule has 0 spiro atoms. The van der Waals surface area contributed by atoms with Crippen LogP contribution in [0.1, 0.15) is 12.5 Å². The average molecular weight is 296 g/mol. The van der Waals surface area contributed by atoms with Crippen molar-refractivity contribution in [1.82, 2.24) is 4.90 Å². The molecule has 0 radical (unpaired) electrons. The van der Waals surface area contributed by atoms with Crippen LogP contribution in [0.2, 0.25) is 0 Å². The van der Waals surface area contributed by atoms with Gasteiger partial charge in [-0.25, -0.2) is 4.39 Å². The largest absolute Gasteiger partial charge is 0.469 e. The van der Waals surface area contributed by atoms with E-state index in [0.717, 1.165) is 0 Å². The summed E-state index contributed by atoms with van der Waals surface area (Å²) < 4.78 is 18.0. The molecule has 6 heteroatoms. The number of carbonyl (C=O) groups excluding carboxylic acids is 2. The van der Waals surface area contributed by atoms with Gasteiger partial charge >= 0.3 is 5.97 Å². The highest BCUT2D eigenvalue weighted by molar-refractivity contribution is 5.92. The molecule has 1 aromatic rings. The van der Waals surface area contributed by atoms with Crippen molar-refractivity contribution in [3.05, 3.63) is 29.6 Å². The average Bonchev–Trinajstić information content (AvgIpc) is 2.41. The van der Waals surface area contributed by atoms with Gasteiger partial charge in [-0.05, 0) is 31.7 Å². The predicted octanol–water partition coefficient (Wildman–Crippen LogP) is 1.81. The van der Waals surface area contributed by atoms with E-state index in [2.05, 4.69) is 10.1 Å². The van der Waals surface area contributed by atoms with E-state index in [1.54, 1.807) is 37.9 Å². The quantitative estimate of drug-likeness (QED) is 0.813. The van der Waals surface area contributed by atoms with E-state index < -0.39 is 0 Å². The van der Waals surface area contributed by atoms with Gasteiger partial charge in [0.05, 0.1) is 19.6 Å². The Bertz CT molecular complexity index is 520. The zero-order valence-corrected chi connectivity index (χ0v) is 12.8. The molecule has 0 aliphatic carbocycles. The summed E-state index contributed by atoms with van der Waals surface area (Å²) in [6.45, 7) is 3.90. The summed E-state index contributed by atoms with van der Waals surface area (Å²) >= 11 is 0. The molecule has 0 aromatic heterocycles. The lowest BCUT2D eigenvalue weighted by Gasteiger charge is -2.19. The van der Waals surface area contributed by atoms with Gasteiger partial charge in [0, 0.05) is 12.2 Å². The summed E-state index contributed by atoms with van der Waals surface area (Å²) in [5.41, 5.74) is 0.939. The molecular weight excluding hydrogens is 275 g/mol. The lowest BCUT2D eigenvalue weighted by atomic mass is 10.2. The van der Waals surface area contributed by atoms with E-state index in [1.807, 2.05) is 0 Å². The smallest absolute Gasteiger partial charge is 0.309 e. The van der Waals surface area contributed by atoms with Crippen LogP contribution in [0.15, 0.2) is 18.2 Å². The molecule has 1 atom stereocenters. The fraction of sp³-hybridized carbons (Fsp3) is 0.467. The van der Waals surface area contributed by atoms with Gasteiger partial charge < -0.3 is 10.1 Å². The van der Waals surface area contributed by atoms with E-state index in [4.69, 9.17) is 0 Å². The number of ether oxygens (including phenoxy) is 1. The zero-order chi connectivity index (χ0) is 16.0. The lowest BCUT2D eigenvalue weighted by molar-refractivity contribution is -0.145. The second-order valence-electron chi connectivity index (χ2n) is 5.13. The van der Waals surface area contributed by atoms with Crippen LogP contribution >= 0.6 is 0 Å². The number of anilines is 1. The third-order valence-electron chi connectivity index (χ3n) is 3.06. The highest BCUT2D eigenvalue weighted by atomic mass is 19.1. The van der Waals surface area contributed by atoms with Crippen LogP contribution in [0.3, 0.4) is 0 Å². The molecule has 1 unspecified atom stereocenters. The number of hydrogen-bond acceptors (Lipinski definition) is 4. The summed E-state index contributed by atoms with van der Waals surface area (Å²) in [5, 5.41) is 2.62. The molecule has 21 heavy (non-hydrogen) atoms. The highest BCUT2D eigenvalue weighted by Gasteiger charge is 2.17. The van der Waals surface area contributed by atoms with E-state index in [1.165, 1.54) is 13.2 Å². The fourth-order valence-electron chi connectivity index (χ4n) is 1.92. The van der Waals surface area contributed by atoms with Crippen molar-refractivity contribution >= 4 is 17.6 Å². The van der Waals surface area contributed by atoms with Crippen molar-refractivity contribution in [3.63, 3.8) is 0 Å². The maximum Gasteiger partial charge on any atom is 0.309 e. The van der Waals surface area contributed by atoms with Gasteiger partial charge in [0.2, 0.25) is 5.91 Å². The number of rotatable bonds is 6. The number of benzene rings is 1. The number of amides is 1. The predicted molar refractivity (Wildman–Crippen MR) is 78.4 cm³/mol. The standard InChI is InChI=1S/C15H21FN2O3/c1-10-5-6-12(7-13(10)16)17-14(19)9-18(3)8-11(2)15(20)21-4/h5-7,11H,8-9H2,1-4H3,(H,17,19). The molecule has 0 aliphatic rings. The second kappa shape index (κ2) is 7.73. The Morgan fingerprint density at radius 3 is 2.67 bits per heavy atom. The maximum atomic E-state index is 13.4. The van der Waals surface area contributed by atoms with Gasteiger partial charge in [-0.2, -0.15) is 0 Å². The molecule has 5 nitrogen and oxygen atoms in total. The molecule has 1 rings (SSSR count). The first-order valence-corrected chi connectivity index (χ1v) is 6.66. The zero-order valence-electron chi connectivity index (χ0n) is 12.8. The normalized spacial score (nSPS) is 12.1. The van der Waals surface area contributed by atoms with Gasteiger partial charge in [-0.3, -0.25) is 14.5 Å². The first-order chi connectivity index (χ1) is 9.83. The van der Waals surface area contributed by atoms with E-state index in [0.29, 0.717) is 17.8 Å². The molecule has 0 heterocycles. The lowest BCUT2D eigenvalue weighted by Crippen LogP contribution is -2.35. The molecule has 1 amide bonds. The van der Waals surface area contributed by atoms with Gasteiger partial charge in [-0.15, -0.1) is 0 Å². The number of nitrogens with one attached hydrogen (secondary N) is 1. The SMILES string of the molecule is COC(=O)C(C)CN(C)CC(=O)Nc1ccc(C)c(F)c1. The van der Waals surface area contributed by atoms with Crippen LogP contribution < -0.4 is 5.32 Å². The summed E-state index contributed by atoms with van der Waals surface area (Å²) in [6.07, 6.45) is 0. The maximum absolute atomic E-state index is 13.4. The molecule has 116 valence electrons. The summed E-state index contributed by atoms with van der Waals surface area (Å²) in [7, 11) is 3.06. The molecule has 0 bridgehead atoms. The van der Waals surface area contributed by atoms with Crippen LogP contribution in [0.25, 0.3) is 0 Å². The summed E-state index contributed by atoms with van der Waals surface area (Å²) in [5.74, 6) is -1.26. The number of nitrogens with zero attached hydrogens (tertiary/aromatic N) is 1. The van der Waals surface area contributed by atoms with E-state index in [-0.39, 0.29) is 30.2 Å². The Kier molecular flexibility index (Phi) is 6.30. The van der Waals surface area contributed by atoms with Crippen molar-refractivity contribution in [2.24, 2.45) is 5.92 Å². The third kappa shape index (κ3) is 5.51. The van der Waals surface area contributed by atoms with Crippen molar-refractivity contribution < 1.29 is 18.7 Å². The highest BCUT2D eigenvalue weighted by Crippen LogP contribution is 2.13. The number of halogens is 1. The Balaban J connectivity index is 2.49. The van der Waals surface area contributed by atoms with Crippen molar-refractivity contribution in [1.29, 1.82) is 0 Å². The van der Waals surface area contributed by atoms with E-state index >= 15 is 0 Å². The molecule has 0 aliphatic heterocycles. The van der Waals surface area contributed by atoms with Crippen molar-refractivity contribution in [2.75, 3.05) is 32.6 Å². The summed E-state index contributed by atoms with van der Waals surface area (Å²) in [4.78, 5) is 24.9.